The molecule has 0 radical (unpaired) electrons. The highest BCUT2D eigenvalue weighted by atomic mass is 16.2. The van der Waals surface area contributed by atoms with E-state index >= 15 is 0 Å². The lowest BCUT2D eigenvalue weighted by Crippen LogP contribution is -2.39. The summed E-state index contributed by atoms with van der Waals surface area (Å²) in [6.07, 6.45) is 3.45. The first-order valence-corrected chi connectivity index (χ1v) is 7.86. The molecule has 7 nitrogen and oxygen atoms in total. The van der Waals surface area contributed by atoms with Gasteiger partial charge in [-0.2, -0.15) is 0 Å². The zero-order valence-corrected chi connectivity index (χ0v) is 13.3. The minimum absolute atomic E-state index is 0.315. The van der Waals surface area contributed by atoms with Crippen molar-refractivity contribution in [2.24, 2.45) is 5.73 Å². The van der Waals surface area contributed by atoms with Gasteiger partial charge in [0.05, 0.1) is 5.92 Å². The molecule has 2 aromatic heterocycles. The average molecular weight is 332 g/mol. The highest BCUT2D eigenvalue weighted by Gasteiger charge is 2.36. The van der Waals surface area contributed by atoms with Crippen molar-refractivity contribution in [1.29, 1.82) is 5.41 Å². The predicted molar refractivity (Wildman–Crippen MR) is 95.8 cm³/mol. The number of guanidine groups is 1. The first-order valence-electron chi connectivity index (χ1n) is 7.86. The number of amides is 1. The standard InChI is InChI=1S/C18H16N6O/c19-18(20)23-17(25)14-10-24(16-13(14)6-3-8-21-16)15-12-5-2-1-4-11(12)7-9-22-15/h1-9,14H,10H2,(H4,19,20,23,25). The summed E-state index contributed by atoms with van der Waals surface area (Å²) in [6, 6.07) is 13.6. The molecule has 0 bridgehead atoms. The molecular formula is C18H16N6O. The summed E-state index contributed by atoms with van der Waals surface area (Å²) >= 11 is 0. The third-order valence-electron chi connectivity index (χ3n) is 4.30. The maximum absolute atomic E-state index is 12.5. The number of nitrogens with one attached hydrogen (secondary N) is 2. The van der Waals surface area contributed by atoms with Crippen LogP contribution in [-0.2, 0) is 4.79 Å². The van der Waals surface area contributed by atoms with Crippen LogP contribution < -0.4 is 16.0 Å². The molecule has 7 heteroatoms. The van der Waals surface area contributed by atoms with E-state index in [1.54, 1.807) is 18.5 Å². The summed E-state index contributed by atoms with van der Waals surface area (Å²) in [6.45, 7) is 0.395. The van der Waals surface area contributed by atoms with E-state index in [4.69, 9.17) is 11.1 Å². The van der Waals surface area contributed by atoms with Crippen molar-refractivity contribution >= 4 is 34.3 Å². The third kappa shape index (κ3) is 2.55. The van der Waals surface area contributed by atoms with Crippen molar-refractivity contribution < 1.29 is 4.79 Å². The fourth-order valence-corrected chi connectivity index (χ4v) is 3.22. The summed E-state index contributed by atoms with van der Waals surface area (Å²) < 4.78 is 0. The number of pyridine rings is 2. The van der Waals surface area contributed by atoms with Crippen molar-refractivity contribution in [2.45, 2.75) is 5.92 Å². The molecule has 1 aliphatic heterocycles. The molecule has 25 heavy (non-hydrogen) atoms. The molecule has 4 N–H and O–H groups in total. The molecule has 1 aromatic carbocycles. The van der Waals surface area contributed by atoms with Gasteiger partial charge in [-0.3, -0.25) is 15.5 Å². The minimum atomic E-state index is -0.464. The highest BCUT2D eigenvalue weighted by Crippen LogP contribution is 2.40. The van der Waals surface area contributed by atoms with E-state index in [0.29, 0.717) is 12.4 Å². The third-order valence-corrected chi connectivity index (χ3v) is 4.30. The van der Waals surface area contributed by atoms with Gasteiger partial charge in [-0.25, -0.2) is 9.97 Å². The highest BCUT2D eigenvalue weighted by molar-refractivity contribution is 6.01. The number of nitrogens with zero attached hydrogens (tertiary/aromatic N) is 3. The Morgan fingerprint density at radius 2 is 1.92 bits per heavy atom. The monoisotopic (exact) mass is 332 g/mol. The van der Waals surface area contributed by atoms with Gasteiger partial charge in [0.1, 0.15) is 11.6 Å². The summed E-state index contributed by atoms with van der Waals surface area (Å²) in [5.41, 5.74) is 6.11. The Labute approximate surface area is 144 Å². The average Bonchev–Trinajstić information content (AvgIpc) is 3.00. The van der Waals surface area contributed by atoms with E-state index in [0.717, 1.165) is 22.2 Å². The second-order valence-corrected chi connectivity index (χ2v) is 5.84. The second-order valence-electron chi connectivity index (χ2n) is 5.84. The zero-order valence-electron chi connectivity index (χ0n) is 13.3. The largest absolute Gasteiger partial charge is 0.370 e. The van der Waals surface area contributed by atoms with E-state index in [-0.39, 0.29) is 11.9 Å². The molecule has 4 rings (SSSR count). The second kappa shape index (κ2) is 5.86. The van der Waals surface area contributed by atoms with Gasteiger partial charge >= 0.3 is 0 Å². The fourth-order valence-electron chi connectivity index (χ4n) is 3.22. The molecular weight excluding hydrogens is 316 g/mol. The van der Waals surface area contributed by atoms with E-state index in [9.17, 15) is 4.79 Å². The predicted octanol–water partition coefficient (Wildman–Crippen LogP) is 1.87. The van der Waals surface area contributed by atoms with Gasteiger partial charge < -0.3 is 10.6 Å². The smallest absolute Gasteiger partial charge is 0.236 e. The number of carbonyl (C=O) groups is 1. The molecule has 3 heterocycles. The van der Waals surface area contributed by atoms with Crippen LogP contribution >= 0.6 is 0 Å². The molecule has 1 aliphatic rings. The Morgan fingerprint density at radius 3 is 2.76 bits per heavy atom. The molecule has 124 valence electrons. The van der Waals surface area contributed by atoms with Gasteiger partial charge in [0.15, 0.2) is 5.96 Å². The first-order chi connectivity index (χ1) is 12.1. The molecule has 1 atom stereocenters. The van der Waals surface area contributed by atoms with Crippen molar-refractivity contribution in [3.05, 3.63) is 60.4 Å². The molecule has 3 aromatic rings. The van der Waals surface area contributed by atoms with Crippen LogP contribution in [0.1, 0.15) is 11.5 Å². The van der Waals surface area contributed by atoms with Crippen LogP contribution in [-0.4, -0.2) is 28.4 Å². The Bertz CT molecular complexity index is 981. The lowest BCUT2D eigenvalue weighted by molar-refractivity contribution is -0.120. The number of aromatic nitrogens is 2. The maximum atomic E-state index is 12.5. The van der Waals surface area contributed by atoms with Gasteiger partial charge in [0.2, 0.25) is 5.91 Å². The summed E-state index contributed by atoms with van der Waals surface area (Å²) in [5.74, 6) is 0.321. The normalized spacial score (nSPS) is 15.8. The number of hydrogen-bond acceptors (Lipinski definition) is 5. The summed E-state index contributed by atoms with van der Waals surface area (Å²) in [7, 11) is 0. The lowest BCUT2D eigenvalue weighted by atomic mass is 10.0. The topological polar surface area (TPSA) is 108 Å². The minimum Gasteiger partial charge on any atom is -0.370 e. The molecule has 0 spiro atoms. The molecule has 1 amide bonds. The number of hydrogen-bond donors (Lipinski definition) is 3. The SMILES string of the molecule is N=C(N)NC(=O)C1CN(c2nccc3ccccc23)c2ncccc21. The fraction of sp³-hybridized carbons (Fsp3) is 0.111. The molecule has 0 saturated carbocycles. The van der Waals surface area contributed by atoms with Gasteiger partial charge in [-0.1, -0.05) is 30.3 Å². The van der Waals surface area contributed by atoms with Crippen LogP contribution in [0.25, 0.3) is 10.8 Å². The van der Waals surface area contributed by atoms with Gasteiger partial charge in [-0.05, 0) is 17.5 Å². The van der Waals surface area contributed by atoms with Crippen LogP contribution in [0.15, 0.2) is 54.9 Å². The molecule has 0 saturated heterocycles. The summed E-state index contributed by atoms with van der Waals surface area (Å²) in [4.78, 5) is 23.4. The van der Waals surface area contributed by atoms with E-state index in [2.05, 4.69) is 15.3 Å². The number of fused-ring (bicyclic) bond motifs is 2. The van der Waals surface area contributed by atoms with Crippen LogP contribution in [0.5, 0.6) is 0 Å². The number of nitrogens with two attached hydrogens (primary N) is 1. The van der Waals surface area contributed by atoms with Gasteiger partial charge in [0.25, 0.3) is 0 Å². The number of benzene rings is 1. The van der Waals surface area contributed by atoms with Crippen LogP contribution in [0.2, 0.25) is 0 Å². The van der Waals surface area contributed by atoms with Crippen molar-refractivity contribution in [3.8, 4) is 0 Å². The van der Waals surface area contributed by atoms with Gasteiger partial charge in [0, 0.05) is 29.9 Å². The quantitative estimate of drug-likeness (QED) is 0.490. The number of carbonyl (C=O) groups excluding carboxylic acids is 1. The Kier molecular flexibility index (Phi) is 3.53. The Morgan fingerprint density at radius 1 is 1.12 bits per heavy atom. The molecule has 0 aliphatic carbocycles. The molecule has 0 fully saturated rings. The Balaban J connectivity index is 1.81. The van der Waals surface area contributed by atoms with Crippen LogP contribution in [0.4, 0.5) is 11.6 Å². The van der Waals surface area contributed by atoms with Crippen molar-refractivity contribution in [3.63, 3.8) is 0 Å². The van der Waals surface area contributed by atoms with E-state index in [1.807, 2.05) is 41.3 Å². The van der Waals surface area contributed by atoms with E-state index < -0.39 is 5.92 Å². The van der Waals surface area contributed by atoms with Crippen LogP contribution in [0, 0.1) is 5.41 Å². The zero-order chi connectivity index (χ0) is 17.4. The summed E-state index contributed by atoms with van der Waals surface area (Å²) in [5, 5.41) is 11.7. The lowest BCUT2D eigenvalue weighted by Gasteiger charge is -2.19. The van der Waals surface area contributed by atoms with Crippen molar-refractivity contribution in [2.75, 3.05) is 11.4 Å². The van der Waals surface area contributed by atoms with Gasteiger partial charge in [-0.15, -0.1) is 0 Å². The first kappa shape index (κ1) is 15.1. The number of anilines is 2. The van der Waals surface area contributed by atoms with Crippen LogP contribution in [0.3, 0.4) is 0 Å². The molecule has 1 unspecified atom stereocenters. The maximum Gasteiger partial charge on any atom is 0.236 e. The Hall–Kier alpha value is -3.48. The van der Waals surface area contributed by atoms with E-state index in [1.165, 1.54) is 0 Å². The van der Waals surface area contributed by atoms with Crippen molar-refractivity contribution in [1.82, 2.24) is 15.3 Å². The number of rotatable bonds is 2.